The predicted octanol–water partition coefficient (Wildman–Crippen LogP) is 4.79. The molecule has 1 aliphatic rings. The molecule has 0 bridgehead atoms. The van der Waals surface area contributed by atoms with Gasteiger partial charge in [0.05, 0.1) is 34.6 Å². The lowest BCUT2D eigenvalue weighted by Gasteiger charge is -2.33. The summed E-state index contributed by atoms with van der Waals surface area (Å²) in [7, 11) is 0. The van der Waals surface area contributed by atoms with Crippen LogP contribution in [0.2, 0.25) is 5.02 Å². The summed E-state index contributed by atoms with van der Waals surface area (Å²) in [6.45, 7) is 5.55. The highest BCUT2D eigenvalue weighted by molar-refractivity contribution is 6.33. The highest BCUT2D eigenvalue weighted by atomic mass is 35.5. The number of nitrogens with zero attached hydrogens (tertiary/aromatic N) is 3. The van der Waals surface area contributed by atoms with Crippen LogP contribution in [0.4, 0.5) is 14.6 Å². The van der Waals surface area contributed by atoms with Gasteiger partial charge in [0.1, 0.15) is 11.6 Å². The molecule has 0 amide bonds. The maximum absolute atomic E-state index is 14.5. The molecule has 3 heterocycles. The summed E-state index contributed by atoms with van der Waals surface area (Å²) in [6.07, 6.45) is 0.276. The Kier molecular flexibility index (Phi) is 5.46. The smallest absolute Gasteiger partial charge is 0.279 e. The van der Waals surface area contributed by atoms with E-state index in [-0.39, 0.29) is 13.0 Å². The van der Waals surface area contributed by atoms with E-state index in [1.165, 1.54) is 0 Å². The number of aryl methyl sites for hydroxylation is 2. The van der Waals surface area contributed by atoms with Crippen molar-refractivity contribution in [1.29, 1.82) is 0 Å². The van der Waals surface area contributed by atoms with E-state index in [1.54, 1.807) is 26.0 Å². The van der Waals surface area contributed by atoms with Gasteiger partial charge in [0.25, 0.3) is 5.92 Å². The molecule has 0 spiro atoms. The number of benzene rings is 1. The fraction of sp³-hybridized carbons (Fsp3) is 0.381. The van der Waals surface area contributed by atoms with Gasteiger partial charge in [-0.05, 0) is 45.9 Å². The van der Waals surface area contributed by atoms with Crippen LogP contribution in [0, 0.1) is 20.8 Å². The number of anilines is 1. The van der Waals surface area contributed by atoms with Gasteiger partial charge < -0.3 is 15.2 Å². The van der Waals surface area contributed by atoms with Crippen LogP contribution in [-0.2, 0) is 0 Å². The molecule has 0 radical (unpaired) electrons. The van der Waals surface area contributed by atoms with Crippen molar-refractivity contribution in [1.82, 2.24) is 20.4 Å². The van der Waals surface area contributed by atoms with E-state index in [4.69, 9.17) is 21.1 Å². The van der Waals surface area contributed by atoms with E-state index in [2.05, 4.69) is 20.8 Å². The highest BCUT2D eigenvalue weighted by Crippen LogP contribution is 2.36. The number of hydrogen-bond donors (Lipinski definition) is 2. The normalized spacial score (nSPS) is 18.4. The zero-order valence-electron chi connectivity index (χ0n) is 16.9. The van der Waals surface area contributed by atoms with Gasteiger partial charge >= 0.3 is 0 Å². The third-order valence-corrected chi connectivity index (χ3v) is 5.65. The summed E-state index contributed by atoms with van der Waals surface area (Å²) >= 11 is 6.37. The number of halogens is 3. The first-order chi connectivity index (χ1) is 14.3. The number of rotatable bonds is 4. The molecule has 6 nitrogen and oxygen atoms in total. The Labute approximate surface area is 178 Å². The van der Waals surface area contributed by atoms with Crippen molar-refractivity contribution in [2.45, 2.75) is 39.2 Å². The lowest BCUT2D eigenvalue weighted by atomic mass is 10.0. The summed E-state index contributed by atoms with van der Waals surface area (Å²) in [6, 6.07) is 6.14. The molecule has 9 heteroatoms. The molecule has 1 fully saturated rings. The third-order valence-electron chi connectivity index (χ3n) is 5.32. The Morgan fingerprint density at radius 1 is 1.20 bits per heavy atom. The SMILES string of the molecule is Cc1noc(C)c1-c1nc(-c2ccccc2Cl)nc(NC2CCNCC2(F)F)c1C. The first-order valence-corrected chi connectivity index (χ1v) is 10.1. The number of nitrogens with one attached hydrogen (secondary N) is 2. The minimum absolute atomic E-state index is 0.276. The second-order valence-electron chi connectivity index (χ2n) is 7.47. The third kappa shape index (κ3) is 3.77. The van der Waals surface area contributed by atoms with Crippen molar-refractivity contribution in [3.05, 3.63) is 46.3 Å². The van der Waals surface area contributed by atoms with E-state index >= 15 is 0 Å². The molecular weight excluding hydrogens is 412 g/mol. The van der Waals surface area contributed by atoms with Gasteiger partial charge in [0.15, 0.2) is 5.82 Å². The van der Waals surface area contributed by atoms with Crippen LogP contribution in [-0.4, -0.2) is 40.2 Å². The molecule has 1 unspecified atom stereocenters. The standard InChI is InChI=1S/C21H22ClF2N5O/c1-11-18(17-12(2)29-30-13(17)3)27-20(14-6-4-5-7-15(14)22)28-19(11)26-16-8-9-25-10-21(16,23)24/h4-7,16,25H,8-10H2,1-3H3,(H,26,27,28). The number of piperidine rings is 1. The summed E-state index contributed by atoms with van der Waals surface area (Å²) in [5, 5.41) is 10.2. The molecule has 0 saturated carbocycles. The maximum Gasteiger partial charge on any atom is 0.279 e. The van der Waals surface area contributed by atoms with Crippen molar-refractivity contribution in [3.8, 4) is 22.6 Å². The Balaban J connectivity index is 1.88. The molecule has 4 rings (SSSR count). The summed E-state index contributed by atoms with van der Waals surface area (Å²) in [5.41, 5.74) is 3.23. The van der Waals surface area contributed by atoms with Gasteiger partial charge in [-0.1, -0.05) is 28.9 Å². The van der Waals surface area contributed by atoms with Crippen LogP contribution in [0.1, 0.15) is 23.4 Å². The minimum atomic E-state index is -2.90. The van der Waals surface area contributed by atoms with E-state index in [0.717, 1.165) is 5.56 Å². The molecule has 1 saturated heterocycles. The highest BCUT2D eigenvalue weighted by Gasteiger charge is 2.42. The fourth-order valence-corrected chi connectivity index (χ4v) is 3.88. The van der Waals surface area contributed by atoms with Gasteiger partial charge in [-0.25, -0.2) is 18.7 Å². The second-order valence-corrected chi connectivity index (χ2v) is 7.88. The second kappa shape index (κ2) is 7.92. The maximum atomic E-state index is 14.5. The first kappa shape index (κ1) is 20.7. The Morgan fingerprint density at radius 3 is 2.63 bits per heavy atom. The minimum Gasteiger partial charge on any atom is -0.361 e. The molecule has 1 aliphatic heterocycles. The summed E-state index contributed by atoms with van der Waals surface area (Å²) in [5.74, 6) is -1.61. The Morgan fingerprint density at radius 2 is 1.97 bits per heavy atom. The lowest BCUT2D eigenvalue weighted by Crippen LogP contribution is -2.53. The largest absolute Gasteiger partial charge is 0.361 e. The van der Waals surface area contributed by atoms with Crippen LogP contribution in [0.25, 0.3) is 22.6 Å². The van der Waals surface area contributed by atoms with Crippen molar-refractivity contribution >= 4 is 17.4 Å². The Hall–Kier alpha value is -2.58. The van der Waals surface area contributed by atoms with Crippen molar-refractivity contribution < 1.29 is 13.3 Å². The van der Waals surface area contributed by atoms with Gasteiger partial charge in [-0.15, -0.1) is 0 Å². The molecule has 2 aromatic heterocycles. The fourth-order valence-electron chi connectivity index (χ4n) is 3.66. The zero-order valence-corrected chi connectivity index (χ0v) is 17.6. The molecule has 0 aliphatic carbocycles. The van der Waals surface area contributed by atoms with Gasteiger partial charge in [0.2, 0.25) is 0 Å². The number of hydrogen-bond acceptors (Lipinski definition) is 6. The van der Waals surface area contributed by atoms with Crippen LogP contribution >= 0.6 is 11.6 Å². The van der Waals surface area contributed by atoms with Gasteiger partial charge in [-0.2, -0.15) is 0 Å². The van der Waals surface area contributed by atoms with Gasteiger partial charge in [0, 0.05) is 11.1 Å². The van der Waals surface area contributed by atoms with E-state index in [0.29, 0.717) is 51.5 Å². The summed E-state index contributed by atoms with van der Waals surface area (Å²) in [4.78, 5) is 9.30. The average Bonchev–Trinajstić information content (AvgIpc) is 3.03. The Bertz CT molecular complexity index is 1070. The van der Waals surface area contributed by atoms with Crippen LogP contribution in [0.15, 0.2) is 28.8 Å². The van der Waals surface area contributed by atoms with E-state index < -0.39 is 12.0 Å². The van der Waals surface area contributed by atoms with Crippen LogP contribution < -0.4 is 10.6 Å². The van der Waals surface area contributed by atoms with Crippen LogP contribution in [0.3, 0.4) is 0 Å². The average molecular weight is 434 g/mol. The van der Waals surface area contributed by atoms with Gasteiger partial charge in [-0.3, -0.25) is 0 Å². The number of aromatic nitrogens is 3. The monoisotopic (exact) mass is 433 g/mol. The molecule has 158 valence electrons. The first-order valence-electron chi connectivity index (χ1n) is 9.70. The quantitative estimate of drug-likeness (QED) is 0.616. The molecule has 2 N–H and O–H groups in total. The molecule has 3 aromatic rings. The van der Waals surface area contributed by atoms with E-state index in [1.807, 2.05) is 19.1 Å². The topological polar surface area (TPSA) is 75.9 Å². The van der Waals surface area contributed by atoms with Crippen molar-refractivity contribution in [2.24, 2.45) is 0 Å². The molecule has 1 aromatic carbocycles. The summed E-state index contributed by atoms with van der Waals surface area (Å²) < 4.78 is 34.2. The number of alkyl halides is 2. The van der Waals surface area contributed by atoms with E-state index in [9.17, 15) is 8.78 Å². The molecule has 30 heavy (non-hydrogen) atoms. The van der Waals surface area contributed by atoms with Crippen LogP contribution in [0.5, 0.6) is 0 Å². The molecule has 1 atom stereocenters. The zero-order chi connectivity index (χ0) is 21.5. The molecular formula is C21H22ClF2N5O. The predicted molar refractivity (Wildman–Crippen MR) is 112 cm³/mol. The van der Waals surface area contributed by atoms with Crippen molar-refractivity contribution in [3.63, 3.8) is 0 Å². The van der Waals surface area contributed by atoms with Crippen molar-refractivity contribution in [2.75, 3.05) is 18.4 Å². The lowest BCUT2D eigenvalue weighted by molar-refractivity contribution is -0.0322.